The van der Waals surface area contributed by atoms with Crippen molar-refractivity contribution in [2.24, 2.45) is 23.2 Å². The van der Waals surface area contributed by atoms with Gasteiger partial charge in [-0.1, -0.05) is 6.07 Å². The number of imidazole rings is 1. The summed E-state index contributed by atoms with van der Waals surface area (Å²) in [5.74, 6) is 2.94. The molecule has 5 aliphatic rings. The van der Waals surface area contributed by atoms with Crippen molar-refractivity contribution in [1.82, 2.24) is 14.3 Å². The van der Waals surface area contributed by atoms with Gasteiger partial charge in [-0.3, -0.25) is 4.79 Å². The third-order valence-electron chi connectivity index (χ3n) is 7.57. The van der Waals surface area contributed by atoms with Gasteiger partial charge in [0.15, 0.2) is 0 Å². The molecule has 0 spiro atoms. The lowest BCUT2D eigenvalue weighted by Gasteiger charge is -2.56. The van der Waals surface area contributed by atoms with Gasteiger partial charge < -0.3 is 9.30 Å². The number of rotatable bonds is 4. The zero-order valence-electron chi connectivity index (χ0n) is 15.3. The largest absolute Gasteiger partial charge is 0.333 e. The zero-order chi connectivity index (χ0) is 17.3. The molecule has 5 fully saturated rings. The molecule has 0 aliphatic heterocycles. The normalized spacial score (nSPS) is 35.2. The minimum atomic E-state index is -0.0299. The van der Waals surface area contributed by atoms with Gasteiger partial charge in [-0.25, -0.2) is 4.98 Å². The molecule has 0 N–H and O–H groups in total. The smallest absolute Gasteiger partial charge is 0.229 e. The van der Waals surface area contributed by atoms with Crippen LogP contribution >= 0.6 is 0 Å². The van der Waals surface area contributed by atoms with E-state index in [1.54, 1.807) is 0 Å². The van der Waals surface area contributed by atoms with Crippen LogP contribution in [-0.4, -0.2) is 26.2 Å². The Kier molecular flexibility index (Phi) is 3.13. The summed E-state index contributed by atoms with van der Waals surface area (Å²) in [6, 6.07) is 6.56. The van der Waals surface area contributed by atoms with Crippen LogP contribution in [0.25, 0.3) is 5.65 Å². The van der Waals surface area contributed by atoms with E-state index >= 15 is 0 Å². The van der Waals surface area contributed by atoms with E-state index in [9.17, 15) is 4.79 Å². The van der Waals surface area contributed by atoms with Crippen LogP contribution < -0.4 is 0 Å². The standard InChI is InChI=1S/C22H27N3O/c26-21(22-10-15-7-16(11-22)9-17(8-15)12-22)25(18-4-5-18)14-19-13-23-20-3-1-2-6-24(19)20/h1-3,6,13,15-18H,4-5,7-12,14H2. The number of hydrogen-bond acceptors (Lipinski definition) is 2. The third kappa shape index (κ3) is 2.27. The number of aromatic nitrogens is 2. The minimum Gasteiger partial charge on any atom is -0.333 e. The van der Waals surface area contributed by atoms with Crippen LogP contribution in [0.4, 0.5) is 0 Å². The van der Waals surface area contributed by atoms with Crippen LogP contribution in [0.5, 0.6) is 0 Å². The van der Waals surface area contributed by atoms with Crippen molar-refractivity contribution in [2.75, 3.05) is 0 Å². The first-order chi connectivity index (χ1) is 12.7. The van der Waals surface area contributed by atoms with Crippen molar-refractivity contribution in [3.8, 4) is 0 Å². The quantitative estimate of drug-likeness (QED) is 0.835. The highest BCUT2D eigenvalue weighted by molar-refractivity contribution is 5.84. The molecule has 5 aliphatic carbocycles. The highest BCUT2D eigenvalue weighted by Crippen LogP contribution is 2.61. The summed E-state index contributed by atoms with van der Waals surface area (Å²) in [7, 11) is 0. The molecular weight excluding hydrogens is 322 g/mol. The lowest BCUT2D eigenvalue weighted by molar-refractivity contribution is -0.159. The molecule has 4 heteroatoms. The molecule has 2 heterocycles. The Hall–Kier alpha value is -1.84. The fourth-order valence-corrected chi connectivity index (χ4v) is 6.71. The molecule has 0 aromatic carbocycles. The molecule has 0 unspecified atom stereocenters. The third-order valence-corrected chi connectivity index (χ3v) is 7.57. The average molecular weight is 349 g/mol. The first kappa shape index (κ1) is 15.2. The van der Waals surface area contributed by atoms with Crippen molar-refractivity contribution < 1.29 is 4.79 Å². The fraction of sp³-hybridized carbons (Fsp3) is 0.636. The summed E-state index contributed by atoms with van der Waals surface area (Å²) in [5.41, 5.74) is 2.09. The molecule has 0 atom stereocenters. The van der Waals surface area contributed by atoms with Crippen LogP contribution in [-0.2, 0) is 11.3 Å². The van der Waals surface area contributed by atoms with Crippen molar-refractivity contribution in [3.05, 3.63) is 36.3 Å². The summed E-state index contributed by atoms with van der Waals surface area (Å²) in [4.78, 5) is 20.6. The Morgan fingerprint density at radius 3 is 2.46 bits per heavy atom. The SMILES string of the molecule is O=C(N(Cc1cnc2ccccn12)C1CC1)C12CC3CC(CC(C3)C1)C2. The number of nitrogens with zero attached hydrogens (tertiary/aromatic N) is 3. The van der Waals surface area contributed by atoms with Gasteiger partial charge in [0.2, 0.25) is 5.91 Å². The highest BCUT2D eigenvalue weighted by atomic mass is 16.2. The van der Waals surface area contributed by atoms with Crippen LogP contribution in [0.1, 0.15) is 57.1 Å². The maximum absolute atomic E-state index is 13.8. The van der Waals surface area contributed by atoms with Crippen molar-refractivity contribution in [3.63, 3.8) is 0 Å². The average Bonchev–Trinajstić information content (AvgIpc) is 3.39. The Labute approximate surface area is 154 Å². The van der Waals surface area contributed by atoms with Gasteiger partial charge in [-0.05, 0) is 81.3 Å². The number of carbonyl (C=O) groups excluding carboxylic acids is 1. The van der Waals surface area contributed by atoms with Crippen LogP contribution in [0.2, 0.25) is 0 Å². The van der Waals surface area contributed by atoms with E-state index in [-0.39, 0.29) is 5.41 Å². The van der Waals surface area contributed by atoms with E-state index in [2.05, 4.69) is 20.5 Å². The van der Waals surface area contributed by atoms with Crippen LogP contribution in [0.15, 0.2) is 30.6 Å². The van der Waals surface area contributed by atoms with Gasteiger partial charge >= 0.3 is 0 Å². The maximum Gasteiger partial charge on any atom is 0.229 e. The number of carbonyl (C=O) groups is 1. The van der Waals surface area contributed by atoms with E-state index in [4.69, 9.17) is 0 Å². The second-order valence-corrected chi connectivity index (χ2v) is 9.54. The molecule has 0 radical (unpaired) electrons. The molecule has 136 valence electrons. The van der Waals surface area contributed by atoms with Crippen molar-refractivity contribution in [1.29, 1.82) is 0 Å². The summed E-state index contributed by atoms with van der Waals surface area (Å²) in [6.07, 6.45) is 14.0. The molecule has 7 rings (SSSR count). The predicted octanol–water partition coefficient (Wildman–Crippen LogP) is 4.04. The first-order valence-corrected chi connectivity index (χ1v) is 10.4. The molecule has 2 aromatic heterocycles. The Bertz CT molecular complexity index is 830. The molecule has 5 saturated carbocycles. The molecular formula is C22H27N3O. The van der Waals surface area contributed by atoms with Crippen LogP contribution in [0, 0.1) is 23.2 Å². The van der Waals surface area contributed by atoms with E-state index in [1.165, 1.54) is 32.1 Å². The lowest BCUT2D eigenvalue weighted by Crippen LogP contribution is -2.54. The minimum absolute atomic E-state index is 0.0299. The lowest BCUT2D eigenvalue weighted by atomic mass is 9.49. The first-order valence-electron chi connectivity index (χ1n) is 10.4. The van der Waals surface area contributed by atoms with Gasteiger partial charge in [0.05, 0.1) is 23.9 Å². The van der Waals surface area contributed by atoms with Crippen LogP contribution in [0.3, 0.4) is 0 Å². The predicted molar refractivity (Wildman–Crippen MR) is 99.4 cm³/mol. The number of hydrogen-bond donors (Lipinski definition) is 0. The van der Waals surface area contributed by atoms with Gasteiger partial charge in [-0.2, -0.15) is 0 Å². The Balaban J connectivity index is 1.32. The van der Waals surface area contributed by atoms with E-state index < -0.39 is 0 Å². The summed E-state index contributed by atoms with van der Waals surface area (Å²) in [5, 5.41) is 0. The summed E-state index contributed by atoms with van der Waals surface area (Å²) >= 11 is 0. The summed E-state index contributed by atoms with van der Waals surface area (Å²) in [6.45, 7) is 0.719. The number of fused-ring (bicyclic) bond motifs is 1. The monoisotopic (exact) mass is 349 g/mol. The molecule has 2 aromatic rings. The Morgan fingerprint density at radius 2 is 1.81 bits per heavy atom. The van der Waals surface area contributed by atoms with E-state index in [1.807, 2.05) is 24.4 Å². The number of pyridine rings is 1. The molecule has 4 bridgehead atoms. The van der Waals surface area contributed by atoms with Gasteiger partial charge in [0.25, 0.3) is 0 Å². The second kappa shape index (κ2) is 5.34. The van der Waals surface area contributed by atoms with E-state index in [0.29, 0.717) is 11.9 Å². The van der Waals surface area contributed by atoms with E-state index in [0.717, 1.165) is 54.9 Å². The summed E-state index contributed by atoms with van der Waals surface area (Å²) < 4.78 is 2.14. The molecule has 0 saturated heterocycles. The fourth-order valence-electron chi connectivity index (χ4n) is 6.71. The number of amides is 1. The topological polar surface area (TPSA) is 37.6 Å². The maximum atomic E-state index is 13.8. The van der Waals surface area contributed by atoms with Crippen molar-refractivity contribution >= 4 is 11.6 Å². The molecule has 4 nitrogen and oxygen atoms in total. The second-order valence-electron chi connectivity index (χ2n) is 9.54. The highest BCUT2D eigenvalue weighted by Gasteiger charge is 2.56. The van der Waals surface area contributed by atoms with Crippen molar-refractivity contribution in [2.45, 2.75) is 64.0 Å². The molecule has 1 amide bonds. The van der Waals surface area contributed by atoms with Gasteiger partial charge in [-0.15, -0.1) is 0 Å². The van der Waals surface area contributed by atoms with Gasteiger partial charge in [0.1, 0.15) is 5.65 Å². The van der Waals surface area contributed by atoms with Gasteiger partial charge in [0, 0.05) is 12.2 Å². The Morgan fingerprint density at radius 1 is 1.12 bits per heavy atom. The zero-order valence-corrected chi connectivity index (χ0v) is 15.3. The molecule has 26 heavy (non-hydrogen) atoms.